The SMILES string of the molecule is CCOc1ccc(C(N)C2CC2c2ccccc2)cc1. The summed E-state index contributed by atoms with van der Waals surface area (Å²) in [6.07, 6.45) is 1.19. The smallest absolute Gasteiger partial charge is 0.119 e. The van der Waals surface area contributed by atoms with Crippen LogP contribution in [0.25, 0.3) is 0 Å². The molecule has 3 atom stereocenters. The van der Waals surface area contributed by atoms with Crippen molar-refractivity contribution >= 4 is 0 Å². The predicted molar refractivity (Wildman–Crippen MR) is 81.8 cm³/mol. The van der Waals surface area contributed by atoms with E-state index in [2.05, 4.69) is 42.5 Å². The largest absolute Gasteiger partial charge is 0.494 e. The summed E-state index contributed by atoms with van der Waals surface area (Å²) >= 11 is 0. The van der Waals surface area contributed by atoms with Gasteiger partial charge in [0, 0.05) is 6.04 Å². The second-order valence-electron chi connectivity index (χ2n) is 5.44. The zero-order chi connectivity index (χ0) is 13.9. The summed E-state index contributed by atoms with van der Waals surface area (Å²) in [5.41, 5.74) is 9.03. The lowest BCUT2D eigenvalue weighted by atomic mass is 9.99. The summed E-state index contributed by atoms with van der Waals surface area (Å²) in [6.45, 7) is 2.69. The topological polar surface area (TPSA) is 35.2 Å². The first-order valence-electron chi connectivity index (χ1n) is 7.33. The Labute approximate surface area is 120 Å². The summed E-state index contributed by atoms with van der Waals surface area (Å²) in [4.78, 5) is 0. The molecule has 1 fully saturated rings. The molecule has 1 saturated carbocycles. The normalized spacial score (nSPS) is 22.3. The summed E-state index contributed by atoms with van der Waals surface area (Å²) in [5.74, 6) is 2.10. The standard InChI is InChI=1S/C18H21NO/c1-2-20-15-10-8-14(9-11-15)18(19)17-12-16(17)13-6-4-3-5-7-13/h3-11,16-18H,2,12,19H2,1H3. The van der Waals surface area contributed by atoms with E-state index < -0.39 is 0 Å². The van der Waals surface area contributed by atoms with Crippen molar-refractivity contribution in [3.05, 3.63) is 65.7 Å². The zero-order valence-corrected chi connectivity index (χ0v) is 11.8. The molecular formula is C18H21NO. The minimum absolute atomic E-state index is 0.121. The maximum atomic E-state index is 6.41. The highest BCUT2D eigenvalue weighted by Gasteiger charge is 2.42. The average Bonchev–Trinajstić information content (AvgIpc) is 3.29. The Bertz CT molecular complexity index is 549. The molecular weight excluding hydrogens is 246 g/mol. The Morgan fingerprint density at radius 2 is 1.80 bits per heavy atom. The average molecular weight is 267 g/mol. The molecule has 0 heterocycles. The molecule has 2 heteroatoms. The van der Waals surface area contributed by atoms with Gasteiger partial charge < -0.3 is 10.5 Å². The minimum atomic E-state index is 0.121. The lowest BCUT2D eigenvalue weighted by molar-refractivity contribution is 0.340. The molecule has 3 unspecified atom stereocenters. The fraction of sp³-hybridized carbons (Fsp3) is 0.333. The Morgan fingerprint density at radius 3 is 2.45 bits per heavy atom. The molecule has 0 radical (unpaired) electrons. The molecule has 1 aliphatic carbocycles. The van der Waals surface area contributed by atoms with Crippen LogP contribution in [0.3, 0.4) is 0 Å². The van der Waals surface area contributed by atoms with Gasteiger partial charge in [-0.25, -0.2) is 0 Å². The highest BCUT2D eigenvalue weighted by molar-refractivity contribution is 5.33. The summed E-state index contributed by atoms with van der Waals surface area (Å²) in [5, 5.41) is 0. The molecule has 2 aromatic carbocycles. The van der Waals surface area contributed by atoms with Crippen LogP contribution in [0.15, 0.2) is 54.6 Å². The molecule has 2 aromatic rings. The molecule has 0 amide bonds. The molecule has 0 aliphatic heterocycles. The third-order valence-corrected chi connectivity index (χ3v) is 4.10. The maximum absolute atomic E-state index is 6.41. The summed E-state index contributed by atoms with van der Waals surface area (Å²) in [6, 6.07) is 19.0. The van der Waals surface area contributed by atoms with E-state index in [1.165, 1.54) is 17.5 Å². The number of ether oxygens (including phenoxy) is 1. The third-order valence-electron chi connectivity index (χ3n) is 4.10. The first kappa shape index (κ1) is 13.2. The van der Waals surface area contributed by atoms with Gasteiger partial charge in [-0.05, 0) is 48.4 Å². The van der Waals surface area contributed by atoms with Crippen molar-refractivity contribution in [1.29, 1.82) is 0 Å². The number of hydrogen-bond donors (Lipinski definition) is 1. The van der Waals surface area contributed by atoms with Gasteiger partial charge in [-0.3, -0.25) is 0 Å². The molecule has 20 heavy (non-hydrogen) atoms. The predicted octanol–water partition coefficient (Wildman–Crippen LogP) is 3.89. The lowest BCUT2D eigenvalue weighted by Crippen LogP contribution is -2.13. The Hall–Kier alpha value is -1.80. The zero-order valence-electron chi connectivity index (χ0n) is 11.8. The van der Waals surface area contributed by atoms with E-state index in [1.807, 2.05) is 19.1 Å². The van der Waals surface area contributed by atoms with Gasteiger partial charge in [0.25, 0.3) is 0 Å². The van der Waals surface area contributed by atoms with Crippen LogP contribution < -0.4 is 10.5 Å². The van der Waals surface area contributed by atoms with E-state index in [4.69, 9.17) is 10.5 Å². The molecule has 2 nitrogen and oxygen atoms in total. The monoisotopic (exact) mass is 267 g/mol. The summed E-state index contributed by atoms with van der Waals surface area (Å²) < 4.78 is 5.47. The van der Waals surface area contributed by atoms with E-state index in [0.29, 0.717) is 18.4 Å². The molecule has 0 bridgehead atoms. The molecule has 1 aliphatic rings. The second kappa shape index (κ2) is 5.68. The first-order chi connectivity index (χ1) is 9.79. The van der Waals surface area contributed by atoms with Crippen molar-refractivity contribution in [3.8, 4) is 5.75 Å². The quantitative estimate of drug-likeness (QED) is 0.892. The lowest BCUT2D eigenvalue weighted by Gasteiger charge is -2.13. The van der Waals surface area contributed by atoms with Crippen molar-refractivity contribution in [2.24, 2.45) is 11.7 Å². The Morgan fingerprint density at radius 1 is 1.10 bits per heavy atom. The van der Waals surface area contributed by atoms with Crippen molar-refractivity contribution in [2.75, 3.05) is 6.61 Å². The fourth-order valence-corrected chi connectivity index (χ4v) is 2.90. The van der Waals surface area contributed by atoms with Gasteiger partial charge in [-0.1, -0.05) is 42.5 Å². The van der Waals surface area contributed by atoms with Gasteiger partial charge in [0.05, 0.1) is 6.61 Å². The molecule has 2 N–H and O–H groups in total. The van der Waals surface area contributed by atoms with Crippen LogP contribution in [0.2, 0.25) is 0 Å². The molecule has 0 aromatic heterocycles. The Balaban J connectivity index is 1.67. The minimum Gasteiger partial charge on any atom is -0.494 e. The van der Waals surface area contributed by atoms with Crippen molar-refractivity contribution in [2.45, 2.75) is 25.3 Å². The van der Waals surface area contributed by atoms with Crippen LogP contribution >= 0.6 is 0 Å². The Kier molecular flexibility index (Phi) is 3.75. The van der Waals surface area contributed by atoms with Crippen LogP contribution in [-0.4, -0.2) is 6.61 Å². The number of benzene rings is 2. The number of rotatable bonds is 5. The third kappa shape index (κ3) is 2.70. The van der Waals surface area contributed by atoms with Crippen LogP contribution in [0, 0.1) is 5.92 Å². The van der Waals surface area contributed by atoms with Crippen LogP contribution in [0.4, 0.5) is 0 Å². The molecule has 0 saturated heterocycles. The van der Waals surface area contributed by atoms with Crippen LogP contribution in [0.5, 0.6) is 5.75 Å². The van der Waals surface area contributed by atoms with Crippen molar-refractivity contribution in [1.82, 2.24) is 0 Å². The second-order valence-corrected chi connectivity index (χ2v) is 5.44. The van der Waals surface area contributed by atoms with E-state index >= 15 is 0 Å². The highest BCUT2D eigenvalue weighted by atomic mass is 16.5. The van der Waals surface area contributed by atoms with Crippen molar-refractivity contribution < 1.29 is 4.74 Å². The highest BCUT2D eigenvalue weighted by Crippen LogP contribution is 2.53. The van der Waals surface area contributed by atoms with E-state index in [0.717, 1.165) is 5.75 Å². The molecule has 104 valence electrons. The number of hydrogen-bond acceptors (Lipinski definition) is 2. The van der Waals surface area contributed by atoms with Gasteiger partial charge in [0.15, 0.2) is 0 Å². The number of nitrogens with two attached hydrogens (primary N) is 1. The van der Waals surface area contributed by atoms with Gasteiger partial charge in [0.2, 0.25) is 0 Å². The summed E-state index contributed by atoms with van der Waals surface area (Å²) in [7, 11) is 0. The maximum Gasteiger partial charge on any atom is 0.119 e. The van der Waals surface area contributed by atoms with Crippen LogP contribution in [0.1, 0.15) is 36.4 Å². The molecule has 0 spiro atoms. The van der Waals surface area contributed by atoms with E-state index in [9.17, 15) is 0 Å². The van der Waals surface area contributed by atoms with E-state index in [-0.39, 0.29) is 6.04 Å². The van der Waals surface area contributed by atoms with E-state index in [1.54, 1.807) is 0 Å². The first-order valence-corrected chi connectivity index (χ1v) is 7.33. The fourth-order valence-electron chi connectivity index (χ4n) is 2.90. The van der Waals surface area contributed by atoms with Gasteiger partial charge in [-0.2, -0.15) is 0 Å². The van der Waals surface area contributed by atoms with Gasteiger partial charge in [-0.15, -0.1) is 0 Å². The van der Waals surface area contributed by atoms with Gasteiger partial charge >= 0.3 is 0 Å². The van der Waals surface area contributed by atoms with Crippen LogP contribution in [-0.2, 0) is 0 Å². The molecule has 3 rings (SSSR count). The van der Waals surface area contributed by atoms with Crippen molar-refractivity contribution in [3.63, 3.8) is 0 Å². The van der Waals surface area contributed by atoms with Gasteiger partial charge in [0.1, 0.15) is 5.75 Å².